The Bertz CT molecular complexity index is 390. The van der Waals surface area contributed by atoms with Crippen molar-refractivity contribution < 1.29 is 17.9 Å². The molecule has 2 aliphatic heterocycles. The first kappa shape index (κ1) is 18.1. The smallest absolute Gasteiger partial charge is 0.279 e. The number of ether oxygens (including phenoxy) is 2. The minimum Gasteiger partial charge on any atom is -0.347 e. The van der Waals surface area contributed by atoms with E-state index >= 15 is 0 Å². The van der Waals surface area contributed by atoms with Gasteiger partial charge in [0.25, 0.3) is 10.2 Å². The molecule has 0 amide bonds. The van der Waals surface area contributed by atoms with Gasteiger partial charge in [0.05, 0.1) is 13.2 Å². The lowest BCUT2D eigenvalue weighted by Gasteiger charge is -2.36. The highest BCUT2D eigenvalue weighted by molar-refractivity contribution is 7.87. The molecule has 0 aliphatic carbocycles. The lowest BCUT2D eigenvalue weighted by Crippen LogP contribution is -2.51. The zero-order chi connectivity index (χ0) is 13.9. The van der Waals surface area contributed by atoms with Crippen molar-refractivity contribution in [3.8, 4) is 0 Å². The van der Waals surface area contributed by atoms with Gasteiger partial charge >= 0.3 is 0 Å². The number of nitrogens with one attached hydrogen (secondary N) is 2. The normalized spacial score (nSPS) is 24.5. The maximum Gasteiger partial charge on any atom is 0.279 e. The van der Waals surface area contributed by atoms with Crippen LogP contribution < -0.4 is 10.0 Å². The summed E-state index contributed by atoms with van der Waals surface area (Å²) in [4.78, 5) is 0. The molecule has 0 aromatic rings. The molecule has 9 heteroatoms. The highest BCUT2D eigenvalue weighted by Gasteiger charge is 2.42. The average molecular weight is 330 g/mol. The van der Waals surface area contributed by atoms with Crippen LogP contribution in [0.2, 0.25) is 0 Å². The van der Waals surface area contributed by atoms with E-state index in [1.54, 1.807) is 7.05 Å². The van der Waals surface area contributed by atoms with Crippen molar-refractivity contribution in [3.05, 3.63) is 0 Å². The lowest BCUT2D eigenvalue weighted by molar-refractivity contribution is -0.179. The van der Waals surface area contributed by atoms with Crippen molar-refractivity contribution in [2.24, 2.45) is 0 Å². The largest absolute Gasteiger partial charge is 0.347 e. The predicted octanol–water partition coefficient (Wildman–Crippen LogP) is -0.311. The molecule has 2 aliphatic rings. The third kappa shape index (κ3) is 4.27. The first-order valence-electron chi connectivity index (χ1n) is 6.67. The van der Waals surface area contributed by atoms with Gasteiger partial charge in [-0.2, -0.15) is 12.7 Å². The lowest BCUT2D eigenvalue weighted by atomic mass is 10.1. The Hall–Kier alpha value is 0.0400. The number of nitrogens with zero attached hydrogens (tertiary/aromatic N) is 1. The Morgan fingerprint density at radius 1 is 1.25 bits per heavy atom. The number of piperidine rings is 1. The van der Waals surface area contributed by atoms with E-state index in [2.05, 4.69) is 10.0 Å². The summed E-state index contributed by atoms with van der Waals surface area (Å²) in [7, 11) is -1.60. The molecule has 0 saturated carbocycles. The van der Waals surface area contributed by atoms with Crippen LogP contribution in [0.15, 0.2) is 0 Å². The number of rotatable bonds is 5. The average Bonchev–Trinajstić information content (AvgIpc) is 2.85. The number of halogens is 1. The van der Waals surface area contributed by atoms with E-state index in [4.69, 9.17) is 9.47 Å². The Morgan fingerprint density at radius 3 is 2.30 bits per heavy atom. The monoisotopic (exact) mass is 329 g/mol. The van der Waals surface area contributed by atoms with Crippen LogP contribution in [0.1, 0.15) is 19.8 Å². The van der Waals surface area contributed by atoms with Gasteiger partial charge in [0.1, 0.15) is 0 Å². The molecule has 2 heterocycles. The van der Waals surface area contributed by atoms with Gasteiger partial charge in [0.15, 0.2) is 5.79 Å². The molecule has 20 heavy (non-hydrogen) atoms. The number of likely N-dealkylation sites (N-methyl/N-ethyl adjacent to an activating group) is 1. The van der Waals surface area contributed by atoms with Gasteiger partial charge in [0.2, 0.25) is 0 Å². The zero-order valence-electron chi connectivity index (χ0n) is 11.9. The van der Waals surface area contributed by atoms with Crippen molar-refractivity contribution in [1.82, 2.24) is 14.3 Å². The maximum absolute atomic E-state index is 12.1. The molecule has 120 valence electrons. The Balaban J connectivity index is 0.00000200. The molecule has 2 N–H and O–H groups in total. The fourth-order valence-corrected chi connectivity index (χ4v) is 3.58. The summed E-state index contributed by atoms with van der Waals surface area (Å²) in [6, 6.07) is 0.104. The zero-order valence-corrected chi connectivity index (χ0v) is 13.6. The summed E-state index contributed by atoms with van der Waals surface area (Å²) in [6.07, 6.45) is 1.19. The fourth-order valence-electron chi connectivity index (χ4n) is 2.28. The van der Waals surface area contributed by atoms with Crippen molar-refractivity contribution in [1.29, 1.82) is 0 Å². The van der Waals surface area contributed by atoms with E-state index in [0.29, 0.717) is 45.7 Å². The minimum atomic E-state index is -3.40. The van der Waals surface area contributed by atoms with Crippen LogP contribution in [-0.2, 0) is 19.7 Å². The summed E-state index contributed by atoms with van der Waals surface area (Å²) in [6.45, 7) is 4.38. The fraction of sp³-hybridized carbons (Fsp3) is 1.00. The van der Waals surface area contributed by atoms with Crippen LogP contribution in [-0.4, -0.2) is 64.4 Å². The van der Waals surface area contributed by atoms with Crippen LogP contribution in [0.5, 0.6) is 0 Å². The van der Waals surface area contributed by atoms with E-state index in [-0.39, 0.29) is 18.4 Å². The SMILES string of the molecule is CNC(C)CNS(=O)(=O)N1CCC2(CC1)OCCO2.Cl. The van der Waals surface area contributed by atoms with E-state index in [1.807, 2.05) is 6.92 Å². The van der Waals surface area contributed by atoms with Gasteiger partial charge in [-0.3, -0.25) is 0 Å². The molecule has 0 aromatic heterocycles. The summed E-state index contributed by atoms with van der Waals surface area (Å²) in [5.74, 6) is -0.537. The van der Waals surface area contributed by atoms with E-state index in [1.165, 1.54) is 4.31 Å². The van der Waals surface area contributed by atoms with Crippen LogP contribution in [0.3, 0.4) is 0 Å². The first-order valence-corrected chi connectivity index (χ1v) is 8.11. The summed E-state index contributed by atoms with van der Waals surface area (Å²) >= 11 is 0. The quantitative estimate of drug-likeness (QED) is 0.723. The van der Waals surface area contributed by atoms with Crippen molar-refractivity contribution in [3.63, 3.8) is 0 Å². The molecule has 0 radical (unpaired) electrons. The summed E-state index contributed by atoms with van der Waals surface area (Å²) in [5.41, 5.74) is 0. The Labute approximate surface area is 127 Å². The molecule has 2 rings (SSSR count). The predicted molar refractivity (Wildman–Crippen MR) is 78.1 cm³/mol. The second-order valence-corrected chi connectivity index (χ2v) is 6.81. The molecule has 2 saturated heterocycles. The molecule has 1 spiro atoms. The van der Waals surface area contributed by atoms with E-state index in [0.717, 1.165) is 0 Å². The second kappa shape index (κ2) is 7.35. The number of hydrogen-bond acceptors (Lipinski definition) is 5. The molecule has 0 bridgehead atoms. The summed E-state index contributed by atoms with van der Waals surface area (Å²) < 4.78 is 39.5. The molecule has 7 nitrogen and oxygen atoms in total. The topological polar surface area (TPSA) is 79.9 Å². The summed E-state index contributed by atoms with van der Waals surface area (Å²) in [5, 5.41) is 2.99. The highest BCUT2D eigenvalue weighted by Crippen LogP contribution is 2.31. The molecule has 2 fully saturated rings. The second-order valence-electron chi connectivity index (χ2n) is 5.05. The Morgan fingerprint density at radius 2 is 1.80 bits per heavy atom. The first-order chi connectivity index (χ1) is 8.97. The van der Waals surface area contributed by atoms with Gasteiger partial charge < -0.3 is 14.8 Å². The van der Waals surface area contributed by atoms with Crippen molar-refractivity contribution in [2.45, 2.75) is 31.6 Å². The standard InChI is InChI=1S/C11H23N3O4S.ClH/c1-10(12-2)9-13-19(15,16)14-5-3-11(4-6-14)17-7-8-18-11;/h10,12-13H,3-9H2,1-2H3;1H. The van der Waals surface area contributed by atoms with Gasteiger partial charge in [-0.15, -0.1) is 12.4 Å². The molecular formula is C11H24ClN3O4S. The molecule has 1 unspecified atom stereocenters. The van der Waals surface area contributed by atoms with Crippen LogP contribution in [0.25, 0.3) is 0 Å². The van der Waals surface area contributed by atoms with Gasteiger partial charge in [-0.05, 0) is 14.0 Å². The maximum atomic E-state index is 12.1. The van der Waals surface area contributed by atoms with E-state index < -0.39 is 16.0 Å². The van der Waals surface area contributed by atoms with Gasteiger partial charge in [-0.1, -0.05) is 0 Å². The van der Waals surface area contributed by atoms with Crippen LogP contribution in [0, 0.1) is 0 Å². The molecule has 1 atom stereocenters. The third-order valence-corrected chi connectivity index (χ3v) is 5.28. The minimum absolute atomic E-state index is 0. The van der Waals surface area contributed by atoms with Crippen molar-refractivity contribution >= 4 is 22.6 Å². The van der Waals surface area contributed by atoms with Gasteiger partial charge in [0, 0.05) is 38.5 Å². The van der Waals surface area contributed by atoms with Crippen LogP contribution >= 0.6 is 12.4 Å². The highest BCUT2D eigenvalue weighted by atomic mass is 35.5. The Kier molecular flexibility index (Phi) is 6.65. The van der Waals surface area contributed by atoms with E-state index in [9.17, 15) is 8.42 Å². The number of hydrogen-bond donors (Lipinski definition) is 2. The molecular weight excluding hydrogens is 306 g/mol. The van der Waals surface area contributed by atoms with Crippen molar-refractivity contribution in [2.75, 3.05) is 39.9 Å². The van der Waals surface area contributed by atoms with Gasteiger partial charge in [-0.25, -0.2) is 4.72 Å². The van der Waals surface area contributed by atoms with Crippen LogP contribution in [0.4, 0.5) is 0 Å². The molecule has 0 aromatic carbocycles. The third-order valence-electron chi connectivity index (χ3n) is 3.70.